The quantitative estimate of drug-likeness (QED) is 0.623. The molecule has 0 unspecified atom stereocenters. The van der Waals surface area contributed by atoms with Crippen LogP contribution >= 0.6 is 11.7 Å². The minimum atomic E-state index is -0.333. The van der Waals surface area contributed by atoms with Crippen LogP contribution in [0.15, 0.2) is 59.3 Å². The summed E-state index contributed by atoms with van der Waals surface area (Å²) in [6.45, 7) is 0. The van der Waals surface area contributed by atoms with Gasteiger partial charge in [0, 0.05) is 11.3 Å². The molecule has 2 aromatic heterocycles. The van der Waals surface area contributed by atoms with Gasteiger partial charge in [-0.3, -0.25) is 4.79 Å². The number of benzene rings is 2. The van der Waals surface area contributed by atoms with E-state index in [0.717, 1.165) is 28.3 Å². The number of rotatable bonds is 3. The second kappa shape index (κ2) is 5.62. The zero-order valence-electron chi connectivity index (χ0n) is 11.8. The summed E-state index contributed by atoms with van der Waals surface area (Å²) in [5.74, 6) is 0.111. The second-order valence-electron chi connectivity index (χ2n) is 4.82. The van der Waals surface area contributed by atoms with Gasteiger partial charge in [0.2, 0.25) is 0 Å². The molecule has 1 N–H and O–H groups in total. The summed E-state index contributed by atoms with van der Waals surface area (Å²) in [6.07, 6.45) is 1.27. The fourth-order valence-electron chi connectivity index (χ4n) is 2.25. The summed E-state index contributed by atoms with van der Waals surface area (Å²) in [5.41, 5.74) is 3.23. The molecule has 7 heteroatoms. The van der Waals surface area contributed by atoms with Gasteiger partial charge in [0.1, 0.15) is 11.0 Å². The Morgan fingerprint density at radius 2 is 1.87 bits per heavy atom. The second-order valence-corrected chi connectivity index (χ2v) is 5.35. The molecule has 0 aliphatic carbocycles. The van der Waals surface area contributed by atoms with Crippen molar-refractivity contribution in [3.8, 4) is 11.3 Å². The van der Waals surface area contributed by atoms with E-state index in [9.17, 15) is 4.79 Å². The number of nitrogens with zero attached hydrogens (tertiary/aromatic N) is 3. The SMILES string of the molecule is O=C(Nc1ccc2nsnc2c1)c1ncoc1-c1ccccc1. The molecule has 112 valence electrons. The van der Waals surface area contributed by atoms with Crippen LogP contribution in [0, 0.1) is 0 Å². The van der Waals surface area contributed by atoms with E-state index >= 15 is 0 Å². The maximum atomic E-state index is 12.5. The molecule has 2 aromatic carbocycles. The van der Waals surface area contributed by atoms with Crippen LogP contribution in [0.4, 0.5) is 5.69 Å². The number of oxazole rings is 1. The fourth-order valence-corrected chi connectivity index (χ4v) is 2.77. The molecule has 4 aromatic rings. The molecule has 0 atom stereocenters. The Hall–Kier alpha value is -3.06. The third kappa shape index (κ3) is 2.58. The Kier molecular flexibility index (Phi) is 3.32. The molecule has 0 radical (unpaired) electrons. The predicted octanol–water partition coefficient (Wildman–Crippen LogP) is 3.60. The van der Waals surface area contributed by atoms with Crippen LogP contribution in [0.5, 0.6) is 0 Å². The van der Waals surface area contributed by atoms with Gasteiger partial charge in [0.25, 0.3) is 5.91 Å². The van der Waals surface area contributed by atoms with Crippen molar-refractivity contribution in [2.75, 3.05) is 5.32 Å². The molecule has 0 bridgehead atoms. The Labute approximate surface area is 135 Å². The van der Waals surface area contributed by atoms with E-state index in [4.69, 9.17) is 4.42 Å². The summed E-state index contributed by atoms with van der Waals surface area (Å²) in [5, 5.41) is 2.81. The largest absolute Gasteiger partial charge is 0.443 e. The van der Waals surface area contributed by atoms with Crippen LogP contribution in [-0.2, 0) is 0 Å². The van der Waals surface area contributed by atoms with Gasteiger partial charge in [0.05, 0.1) is 11.7 Å². The molecule has 2 heterocycles. The third-order valence-electron chi connectivity index (χ3n) is 3.33. The highest BCUT2D eigenvalue weighted by Crippen LogP contribution is 2.24. The maximum absolute atomic E-state index is 12.5. The Balaban J connectivity index is 1.64. The average Bonchev–Trinajstić information content (AvgIpc) is 3.24. The molecule has 0 aliphatic heterocycles. The molecular formula is C16H10N4O2S. The standard InChI is InChI=1S/C16H10N4O2S/c21-16(18-11-6-7-12-13(8-11)20-23-19-12)14-15(22-9-17-14)10-4-2-1-3-5-10/h1-9H,(H,18,21). The molecule has 23 heavy (non-hydrogen) atoms. The first-order valence-corrected chi connectivity index (χ1v) is 7.57. The molecule has 0 aliphatic rings. The molecule has 6 nitrogen and oxygen atoms in total. The van der Waals surface area contributed by atoms with Crippen molar-refractivity contribution in [2.45, 2.75) is 0 Å². The molecule has 0 fully saturated rings. The zero-order chi connectivity index (χ0) is 15.6. The van der Waals surface area contributed by atoms with Crippen LogP contribution in [-0.4, -0.2) is 19.6 Å². The number of hydrogen-bond acceptors (Lipinski definition) is 6. The molecule has 4 rings (SSSR count). The summed E-state index contributed by atoms with van der Waals surface area (Å²) < 4.78 is 13.7. The normalized spacial score (nSPS) is 10.8. The monoisotopic (exact) mass is 322 g/mol. The molecule has 1 amide bonds. The number of amides is 1. The Bertz CT molecular complexity index is 978. The van der Waals surface area contributed by atoms with Crippen molar-refractivity contribution in [2.24, 2.45) is 0 Å². The molecule has 0 saturated heterocycles. The van der Waals surface area contributed by atoms with Gasteiger partial charge in [-0.1, -0.05) is 30.3 Å². The van der Waals surface area contributed by atoms with Crippen LogP contribution < -0.4 is 5.32 Å². The third-order valence-corrected chi connectivity index (χ3v) is 3.89. The first-order valence-electron chi connectivity index (χ1n) is 6.84. The van der Waals surface area contributed by atoms with Crippen LogP contribution in [0.2, 0.25) is 0 Å². The van der Waals surface area contributed by atoms with Gasteiger partial charge < -0.3 is 9.73 Å². The lowest BCUT2D eigenvalue weighted by atomic mass is 10.1. The van der Waals surface area contributed by atoms with E-state index in [0.29, 0.717) is 11.4 Å². The van der Waals surface area contributed by atoms with Gasteiger partial charge in [-0.2, -0.15) is 8.75 Å². The average molecular weight is 322 g/mol. The zero-order valence-corrected chi connectivity index (χ0v) is 12.6. The number of nitrogens with one attached hydrogen (secondary N) is 1. The topological polar surface area (TPSA) is 80.9 Å². The lowest BCUT2D eigenvalue weighted by molar-refractivity contribution is 0.102. The smallest absolute Gasteiger partial charge is 0.278 e. The molecule has 0 spiro atoms. The Morgan fingerprint density at radius 3 is 2.74 bits per heavy atom. The van der Waals surface area contributed by atoms with E-state index in [2.05, 4.69) is 19.0 Å². The first kappa shape index (κ1) is 13.6. The number of anilines is 1. The number of fused-ring (bicyclic) bond motifs is 1. The fraction of sp³-hybridized carbons (Fsp3) is 0. The predicted molar refractivity (Wildman–Crippen MR) is 87.3 cm³/mol. The van der Waals surface area contributed by atoms with Crippen molar-refractivity contribution >= 4 is 34.4 Å². The minimum absolute atomic E-state index is 0.243. The highest BCUT2D eigenvalue weighted by Gasteiger charge is 2.18. The van der Waals surface area contributed by atoms with Gasteiger partial charge in [-0.25, -0.2) is 4.98 Å². The number of carbonyl (C=O) groups is 1. The minimum Gasteiger partial charge on any atom is -0.443 e. The van der Waals surface area contributed by atoms with E-state index in [1.807, 2.05) is 36.4 Å². The maximum Gasteiger partial charge on any atom is 0.278 e. The number of carbonyl (C=O) groups excluding carboxylic acids is 1. The van der Waals surface area contributed by atoms with E-state index in [-0.39, 0.29) is 11.6 Å². The van der Waals surface area contributed by atoms with Crippen molar-refractivity contribution < 1.29 is 9.21 Å². The molecule has 0 saturated carbocycles. The van der Waals surface area contributed by atoms with Crippen molar-refractivity contribution in [3.63, 3.8) is 0 Å². The lowest BCUT2D eigenvalue weighted by Gasteiger charge is -2.04. The van der Waals surface area contributed by atoms with Gasteiger partial charge in [-0.05, 0) is 18.2 Å². The first-order chi connectivity index (χ1) is 11.3. The highest BCUT2D eigenvalue weighted by atomic mass is 32.1. The number of aromatic nitrogens is 3. The van der Waals surface area contributed by atoms with E-state index in [1.165, 1.54) is 6.39 Å². The van der Waals surface area contributed by atoms with Crippen molar-refractivity contribution in [3.05, 3.63) is 60.6 Å². The van der Waals surface area contributed by atoms with E-state index in [1.54, 1.807) is 12.1 Å². The summed E-state index contributed by atoms with van der Waals surface area (Å²) in [4.78, 5) is 16.5. The van der Waals surface area contributed by atoms with Crippen LogP contribution in [0.3, 0.4) is 0 Å². The van der Waals surface area contributed by atoms with E-state index < -0.39 is 0 Å². The van der Waals surface area contributed by atoms with Crippen molar-refractivity contribution in [1.29, 1.82) is 0 Å². The lowest BCUT2D eigenvalue weighted by Crippen LogP contribution is -2.13. The van der Waals surface area contributed by atoms with Crippen molar-refractivity contribution in [1.82, 2.24) is 13.7 Å². The highest BCUT2D eigenvalue weighted by molar-refractivity contribution is 7.00. The van der Waals surface area contributed by atoms with Gasteiger partial charge in [-0.15, -0.1) is 0 Å². The van der Waals surface area contributed by atoms with Crippen LogP contribution in [0.25, 0.3) is 22.4 Å². The van der Waals surface area contributed by atoms with Gasteiger partial charge >= 0.3 is 0 Å². The molecular weight excluding hydrogens is 312 g/mol. The summed E-state index contributed by atoms with van der Waals surface area (Å²) >= 11 is 1.14. The Morgan fingerprint density at radius 1 is 1.04 bits per heavy atom. The summed E-state index contributed by atoms with van der Waals surface area (Å²) in [6, 6.07) is 14.8. The summed E-state index contributed by atoms with van der Waals surface area (Å²) in [7, 11) is 0. The van der Waals surface area contributed by atoms with Crippen LogP contribution in [0.1, 0.15) is 10.5 Å². The number of hydrogen-bond donors (Lipinski definition) is 1. The van der Waals surface area contributed by atoms with Gasteiger partial charge in [0.15, 0.2) is 17.8 Å².